The molecule has 2 aromatic heterocycles. The minimum absolute atomic E-state index is 0.0368. The van der Waals surface area contributed by atoms with Gasteiger partial charge < -0.3 is 19.6 Å². The van der Waals surface area contributed by atoms with Gasteiger partial charge in [-0.2, -0.15) is 0 Å². The largest absolute Gasteiger partial charge is 0.464 e. The summed E-state index contributed by atoms with van der Waals surface area (Å²) in [6.07, 6.45) is 1.02. The third-order valence-electron chi connectivity index (χ3n) is 6.83. The molecule has 0 saturated carbocycles. The van der Waals surface area contributed by atoms with Gasteiger partial charge in [0.15, 0.2) is 0 Å². The van der Waals surface area contributed by atoms with Gasteiger partial charge in [-0.1, -0.05) is 17.7 Å². The number of benzene rings is 1. The van der Waals surface area contributed by atoms with E-state index in [1.165, 1.54) is 7.11 Å². The van der Waals surface area contributed by atoms with Gasteiger partial charge in [-0.05, 0) is 43.5 Å². The number of methoxy groups -OCH3 is 1. The van der Waals surface area contributed by atoms with Crippen molar-refractivity contribution in [3.63, 3.8) is 0 Å². The normalized spacial score (nSPS) is 20.8. The Balaban J connectivity index is 1.40. The summed E-state index contributed by atoms with van der Waals surface area (Å²) >= 11 is 6.17. The van der Waals surface area contributed by atoms with Crippen molar-refractivity contribution in [2.45, 2.75) is 31.8 Å². The molecule has 0 unspecified atom stereocenters. The lowest BCUT2D eigenvalue weighted by atomic mass is 9.82. The number of carbonyl (C=O) groups is 2. The summed E-state index contributed by atoms with van der Waals surface area (Å²) in [7, 11) is 1.30. The Bertz CT molecular complexity index is 1310. The molecule has 1 fully saturated rings. The lowest BCUT2D eigenvalue weighted by Gasteiger charge is -2.44. The van der Waals surface area contributed by atoms with Crippen LogP contribution < -0.4 is 10.9 Å². The summed E-state index contributed by atoms with van der Waals surface area (Å²) in [6.45, 7) is 3.96. The van der Waals surface area contributed by atoms with Crippen molar-refractivity contribution in [2.24, 2.45) is 5.92 Å². The molecule has 3 atom stereocenters. The summed E-state index contributed by atoms with van der Waals surface area (Å²) in [6, 6.07) is 10.2. The number of hydrogen-bond acceptors (Lipinski definition) is 5. The van der Waals surface area contributed by atoms with E-state index in [4.69, 9.17) is 16.3 Å². The molecule has 1 saturated heterocycles. The van der Waals surface area contributed by atoms with Gasteiger partial charge in [0.2, 0.25) is 5.91 Å². The SMILES string of the molecule is COC(=O)c1[nH]c2ccc(Cl)cc2c1NC(=O)[C@H](C)N1C[C@@H]2C[C@H](C1)c1cccc(=O)n1C2. The van der Waals surface area contributed by atoms with E-state index in [1.54, 1.807) is 30.3 Å². The molecule has 9 heteroatoms. The molecule has 0 aliphatic carbocycles. The lowest BCUT2D eigenvalue weighted by molar-refractivity contribution is -0.121. The number of piperidine rings is 1. The molecule has 5 rings (SSSR count). The number of amides is 1. The number of aromatic nitrogens is 2. The molecule has 0 radical (unpaired) electrons. The van der Waals surface area contributed by atoms with Crippen LogP contribution in [0.25, 0.3) is 10.9 Å². The van der Waals surface area contributed by atoms with Crippen molar-refractivity contribution in [2.75, 3.05) is 25.5 Å². The number of hydrogen-bond donors (Lipinski definition) is 2. The van der Waals surface area contributed by atoms with Gasteiger partial charge in [0, 0.05) is 53.2 Å². The first-order chi connectivity index (χ1) is 15.9. The van der Waals surface area contributed by atoms with E-state index in [1.807, 2.05) is 17.6 Å². The Morgan fingerprint density at radius 1 is 1.21 bits per heavy atom. The maximum atomic E-state index is 13.3. The second-order valence-electron chi connectivity index (χ2n) is 8.87. The van der Waals surface area contributed by atoms with Crippen molar-refractivity contribution >= 4 is 40.1 Å². The highest BCUT2D eigenvalue weighted by Crippen LogP contribution is 2.36. The fourth-order valence-electron chi connectivity index (χ4n) is 5.19. The van der Waals surface area contributed by atoms with Crippen molar-refractivity contribution in [1.29, 1.82) is 0 Å². The van der Waals surface area contributed by atoms with Crippen molar-refractivity contribution < 1.29 is 14.3 Å². The first kappa shape index (κ1) is 21.7. The Hall–Kier alpha value is -3.10. The molecule has 2 N–H and O–H groups in total. The van der Waals surface area contributed by atoms with E-state index in [9.17, 15) is 14.4 Å². The zero-order chi connectivity index (χ0) is 23.3. The number of rotatable bonds is 4. The minimum Gasteiger partial charge on any atom is -0.464 e. The predicted octanol–water partition coefficient (Wildman–Crippen LogP) is 3.22. The quantitative estimate of drug-likeness (QED) is 0.573. The van der Waals surface area contributed by atoms with E-state index in [-0.39, 0.29) is 23.1 Å². The fraction of sp³-hybridized carbons (Fsp3) is 0.375. The summed E-state index contributed by atoms with van der Waals surface area (Å²) in [5.74, 6) is -0.269. The molecule has 3 aromatic rings. The Morgan fingerprint density at radius 3 is 2.82 bits per heavy atom. The maximum Gasteiger partial charge on any atom is 0.356 e. The molecular formula is C24H25ClN4O4. The van der Waals surface area contributed by atoms with Crippen molar-refractivity contribution in [3.8, 4) is 0 Å². The van der Waals surface area contributed by atoms with E-state index in [0.29, 0.717) is 40.6 Å². The first-order valence-electron chi connectivity index (χ1n) is 11.0. The van der Waals surface area contributed by atoms with Crippen LogP contribution in [0.1, 0.15) is 35.4 Å². The molecule has 2 aliphatic heterocycles. The topological polar surface area (TPSA) is 96.4 Å². The summed E-state index contributed by atoms with van der Waals surface area (Å²) in [5.41, 5.74) is 2.30. The third kappa shape index (κ3) is 3.83. The van der Waals surface area contributed by atoms with Gasteiger partial charge >= 0.3 is 5.97 Å². The second-order valence-corrected chi connectivity index (χ2v) is 9.31. The zero-order valence-corrected chi connectivity index (χ0v) is 19.2. The molecular weight excluding hydrogens is 444 g/mol. The molecule has 1 amide bonds. The van der Waals surface area contributed by atoms with Crippen LogP contribution in [0.15, 0.2) is 41.2 Å². The average molecular weight is 469 g/mol. The number of likely N-dealkylation sites (tertiary alicyclic amines) is 1. The molecule has 8 nitrogen and oxygen atoms in total. The highest BCUT2D eigenvalue weighted by atomic mass is 35.5. The van der Waals surface area contributed by atoms with Crippen LogP contribution in [0.4, 0.5) is 5.69 Å². The molecule has 33 heavy (non-hydrogen) atoms. The van der Waals surface area contributed by atoms with Crippen LogP contribution in [-0.2, 0) is 16.1 Å². The molecule has 1 aromatic carbocycles. The number of nitrogens with one attached hydrogen (secondary N) is 2. The number of carbonyl (C=O) groups excluding carboxylic acids is 2. The Labute approximate surface area is 195 Å². The van der Waals surface area contributed by atoms with Crippen molar-refractivity contribution in [3.05, 3.63) is 63.2 Å². The van der Waals surface area contributed by atoms with Gasteiger partial charge in [0.25, 0.3) is 5.56 Å². The van der Waals surface area contributed by atoms with Crippen LogP contribution in [0.2, 0.25) is 5.02 Å². The Kier molecular flexibility index (Phi) is 5.50. The first-order valence-corrected chi connectivity index (χ1v) is 11.4. The molecule has 2 bridgehead atoms. The smallest absolute Gasteiger partial charge is 0.356 e. The number of ether oxygens (including phenoxy) is 1. The zero-order valence-electron chi connectivity index (χ0n) is 18.4. The number of nitrogens with zero attached hydrogens (tertiary/aromatic N) is 2. The number of esters is 1. The van der Waals surface area contributed by atoms with Gasteiger partial charge in [-0.25, -0.2) is 4.79 Å². The maximum absolute atomic E-state index is 13.3. The van der Waals surface area contributed by atoms with Gasteiger partial charge in [0.1, 0.15) is 5.69 Å². The average Bonchev–Trinajstić information content (AvgIpc) is 3.16. The number of pyridine rings is 1. The lowest BCUT2D eigenvalue weighted by Crippen LogP contribution is -2.52. The van der Waals surface area contributed by atoms with Crippen LogP contribution in [0.5, 0.6) is 0 Å². The van der Waals surface area contributed by atoms with Crippen LogP contribution >= 0.6 is 11.6 Å². The number of fused-ring (bicyclic) bond motifs is 5. The number of H-pyrrole nitrogens is 1. The van der Waals surface area contributed by atoms with E-state index >= 15 is 0 Å². The van der Waals surface area contributed by atoms with Crippen LogP contribution in [0, 0.1) is 5.92 Å². The third-order valence-corrected chi connectivity index (χ3v) is 7.07. The fourth-order valence-corrected chi connectivity index (χ4v) is 5.36. The Morgan fingerprint density at radius 2 is 2.03 bits per heavy atom. The van der Waals surface area contributed by atoms with E-state index in [0.717, 1.165) is 18.7 Å². The molecule has 2 aliphatic rings. The summed E-state index contributed by atoms with van der Waals surface area (Å²) in [4.78, 5) is 43.1. The standard InChI is InChI=1S/C24H25ClN4O4/c1-13(28-10-14-8-15(12-28)19-4-3-5-20(30)29(19)11-14)23(31)27-21-17-9-16(25)6-7-18(17)26-22(21)24(32)33-2/h3-7,9,13-15,26H,8,10-12H2,1-2H3,(H,27,31)/t13-,14-,15+/m0/s1. The highest BCUT2D eigenvalue weighted by Gasteiger charge is 2.37. The van der Waals surface area contributed by atoms with Crippen LogP contribution in [-0.4, -0.2) is 52.6 Å². The number of anilines is 1. The van der Waals surface area contributed by atoms with Gasteiger partial charge in [0.05, 0.1) is 18.8 Å². The molecule has 4 heterocycles. The van der Waals surface area contributed by atoms with Crippen molar-refractivity contribution in [1.82, 2.24) is 14.5 Å². The highest BCUT2D eigenvalue weighted by molar-refractivity contribution is 6.31. The van der Waals surface area contributed by atoms with E-state index in [2.05, 4.69) is 15.2 Å². The summed E-state index contributed by atoms with van der Waals surface area (Å²) in [5, 5.41) is 4.09. The minimum atomic E-state index is -0.570. The number of aromatic amines is 1. The van der Waals surface area contributed by atoms with Gasteiger partial charge in [-0.3, -0.25) is 14.5 Å². The summed E-state index contributed by atoms with van der Waals surface area (Å²) < 4.78 is 6.77. The monoisotopic (exact) mass is 468 g/mol. The van der Waals surface area contributed by atoms with Crippen LogP contribution in [0.3, 0.4) is 0 Å². The predicted molar refractivity (Wildman–Crippen MR) is 126 cm³/mol. The number of halogens is 1. The molecule has 0 spiro atoms. The van der Waals surface area contributed by atoms with E-state index < -0.39 is 12.0 Å². The van der Waals surface area contributed by atoms with Gasteiger partial charge in [-0.15, -0.1) is 0 Å². The second kappa shape index (κ2) is 8.35. The molecule has 172 valence electrons.